The summed E-state index contributed by atoms with van der Waals surface area (Å²) in [6.07, 6.45) is 0. The second-order valence-electron chi connectivity index (χ2n) is 4.32. The van der Waals surface area contributed by atoms with E-state index >= 15 is 0 Å². The Morgan fingerprint density at radius 3 is 2.44 bits per heavy atom. The quantitative estimate of drug-likeness (QED) is 0.798. The Morgan fingerprint density at radius 1 is 1.31 bits per heavy atom. The summed E-state index contributed by atoms with van der Waals surface area (Å²) in [5.74, 6) is 0. The van der Waals surface area contributed by atoms with E-state index in [9.17, 15) is 4.79 Å². The third-order valence-corrected chi connectivity index (χ3v) is 2.63. The van der Waals surface area contributed by atoms with E-state index in [4.69, 9.17) is 0 Å². The molecule has 0 spiro atoms. The van der Waals surface area contributed by atoms with E-state index in [0.29, 0.717) is 5.70 Å². The molecule has 16 heavy (non-hydrogen) atoms. The monoisotopic (exact) mass is 217 g/mol. The van der Waals surface area contributed by atoms with Crippen LogP contribution in [0.5, 0.6) is 0 Å². The maximum Gasteiger partial charge on any atom is 0.341 e. The third kappa shape index (κ3) is 1.74. The molecule has 0 bridgehead atoms. The first-order chi connectivity index (χ1) is 7.50. The van der Waals surface area contributed by atoms with Gasteiger partial charge in [0.2, 0.25) is 0 Å². The molecule has 0 aliphatic carbocycles. The third-order valence-electron chi connectivity index (χ3n) is 2.63. The highest BCUT2D eigenvalue weighted by atomic mass is 16.2. The molecule has 0 radical (unpaired) electrons. The molecule has 0 saturated carbocycles. The predicted octanol–water partition coefficient (Wildman–Crippen LogP) is 2.33. The van der Waals surface area contributed by atoms with E-state index in [1.807, 2.05) is 44.2 Å². The number of urea groups is 1. The minimum atomic E-state index is -0.404. The van der Waals surface area contributed by atoms with Gasteiger partial charge in [-0.25, -0.2) is 9.80 Å². The number of para-hydroxylation sites is 1. The van der Waals surface area contributed by atoms with Gasteiger partial charge in [0, 0.05) is 0 Å². The van der Waals surface area contributed by atoms with Crippen LogP contribution in [-0.4, -0.2) is 16.6 Å². The van der Waals surface area contributed by atoms with Gasteiger partial charge in [-0.05, 0) is 26.0 Å². The number of carbonyl (C=O) groups excluding carboxylic acids is 1. The fourth-order valence-electron chi connectivity index (χ4n) is 1.56. The van der Waals surface area contributed by atoms with Gasteiger partial charge >= 0.3 is 6.03 Å². The van der Waals surface area contributed by atoms with Crippen LogP contribution >= 0.6 is 0 Å². The Bertz CT molecular complexity index is 425. The lowest BCUT2D eigenvalue weighted by molar-refractivity contribution is 0.228. The molecule has 0 atom stereocenters. The second-order valence-corrected chi connectivity index (χ2v) is 4.32. The lowest BCUT2D eigenvalue weighted by atomic mass is 10.0. The van der Waals surface area contributed by atoms with E-state index in [1.165, 1.54) is 5.01 Å². The van der Waals surface area contributed by atoms with Crippen LogP contribution in [0.1, 0.15) is 13.8 Å². The van der Waals surface area contributed by atoms with Crippen LogP contribution in [0.3, 0.4) is 0 Å². The van der Waals surface area contributed by atoms with Crippen molar-refractivity contribution in [3.63, 3.8) is 0 Å². The smallest absolute Gasteiger partial charge is 0.326 e. The highest BCUT2D eigenvalue weighted by molar-refractivity contribution is 5.83. The van der Waals surface area contributed by atoms with Crippen molar-refractivity contribution in [2.75, 3.05) is 5.43 Å². The molecule has 4 heteroatoms. The van der Waals surface area contributed by atoms with Crippen LogP contribution in [0.2, 0.25) is 0 Å². The molecule has 2 amide bonds. The number of nitrogens with one attached hydrogen (secondary N) is 2. The minimum absolute atomic E-state index is 0.182. The van der Waals surface area contributed by atoms with Crippen molar-refractivity contribution in [3.05, 3.63) is 42.6 Å². The summed E-state index contributed by atoms with van der Waals surface area (Å²) in [4.78, 5) is 11.7. The summed E-state index contributed by atoms with van der Waals surface area (Å²) in [6.45, 7) is 7.75. The molecule has 0 aromatic heterocycles. The van der Waals surface area contributed by atoms with Crippen LogP contribution in [-0.2, 0) is 0 Å². The van der Waals surface area contributed by atoms with Gasteiger partial charge in [-0.15, -0.1) is 0 Å². The van der Waals surface area contributed by atoms with Crippen molar-refractivity contribution in [1.29, 1.82) is 0 Å². The Morgan fingerprint density at radius 2 is 1.94 bits per heavy atom. The van der Waals surface area contributed by atoms with Crippen molar-refractivity contribution >= 4 is 11.7 Å². The first-order valence-corrected chi connectivity index (χ1v) is 5.14. The number of anilines is 1. The zero-order valence-electron chi connectivity index (χ0n) is 9.45. The Labute approximate surface area is 94.9 Å². The van der Waals surface area contributed by atoms with Crippen molar-refractivity contribution in [2.45, 2.75) is 19.4 Å². The predicted molar refractivity (Wildman–Crippen MR) is 63.7 cm³/mol. The van der Waals surface area contributed by atoms with Crippen LogP contribution in [0, 0.1) is 0 Å². The molecule has 1 aromatic rings. The lowest BCUT2D eigenvalue weighted by Gasteiger charge is -2.22. The van der Waals surface area contributed by atoms with Gasteiger partial charge in [-0.3, -0.25) is 5.43 Å². The van der Waals surface area contributed by atoms with Crippen LogP contribution in [0.15, 0.2) is 42.6 Å². The largest absolute Gasteiger partial charge is 0.341 e. The normalized spacial score (nSPS) is 18.5. The van der Waals surface area contributed by atoms with Crippen molar-refractivity contribution in [3.8, 4) is 0 Å². The molecule has 1 saturated heterocycles. The number of hydrazine groups is 1. The maximum atomic E-state index is 11.7. The van der Waals surface area contributed by atoms with Crippen LogP contribution < -0.4 is 10.7 Å². The lowest BCUT2D eigenvalue weighted by Crippen LogP contribution is -2.35. The van der Waals surface area contributed by atoms with Gasteiger partial charge in [-0.1, -0.05) is 24.8 Å². The van der Waals surface area contributed by atoms with E-state index < -0.39 is 5.54 Å². The number of hydrogen-bond donors (Lipinski definition) is 2. The zero-order chi connectivity index (χ0) is 11.8. The number of hydrogen-bond acceptors (Lipinski definition) is 2. The second kappa shape index (κ2) is 3.56. The van der Waals surface area contributed by atoms with E-state index in [1.54, 1.807) is 0 Å². The molecule has 1 heterocycles. The molecule has 2 N–H and O–H groups in total. The van der Waals surface area contributed by atoms with Gasteiger partial charge in [0.15, 0.2) is 0 Å². The van der Waals surface area contributed by atoms with E-state index in [-0.39, 0.29) is 6.03 Å². The molecule has 84 valence electrons. The fraction of sp³-hybridized carbons (Fsp3) is 0.250. The van der Waals surface area contributed by atoms with E-state index in [2.05, 4.69) is 17.3 Å². The number of nitrogens with zero attached hydrogens (tertiary/aromatic N) is 1. The standard InChI is InChI=1S/C12H15N3O/c1-9-12(2,3)13-11(16)15(9)14-10-7-5-4-6-8-10/h4-8,14H,1H2,2-3H3,(H,13,16). The summed E-state index contributed by atoms with van der Waals surface area (Å²) < 4.78 is 0. The average molecular weight is 217 g/mol. The number of amides is 2. The molecule has 0 unspecified atom stereocenters. The highest BCUT2D eigenvalue weighted by Gasteiger charge is 2.39. The molecule has 1 fully saturated rings. The molecule has 2 rings (SSSR count). The summed E-state index contributed by atoms with van der Waals surface area (Å²) >= 11 is 0. The maximum absolute atomic E-state index is 11.7. The molecular formula is C12H15N3O. The molecule has 1 aliphatic rings. The molecule has 1 aliphatic heterocycles. The fourth-order valence-corrected chi connectivity index (χ4v) is 1.56. The van der Waals surface area contributed by atoms with Gasteiger partial charge in [0.25, 0.3) is 0 Å². The molecule has 4 nitrogen and oxygen atoms in total. The van der Waals surface area contributed by atoms with Gasteiger partial charge in [0.05, 0.1) is 16.9 Å². The number of rotatable bonds is 2. The van der Waals surface area contributed by atoms with Crippen molar-refractivity contribution in [1.82, 2.24) is 10.3 Å². The summed E-state index contributed by atoms with van der Waals surface area (Å²) in [6, 6.07) is 9.35. The van der Waals surface area contributed by atoms with Crippen LogP contribution in [0.25, 0.3) is 0 Å². The summed E-state index contributed by atoms with van der Waals surface area (Å²) in [5, 5.41) is 4.28. The molecule has 1 aromatic carbocycles. The Hall–Kier alpha value is -1.97. The first-order valence-electron chi connectivity index (χ1n) is 5.14. The van der Waals surface area contributed by atoms with Crippen molar-refractivity contribution in [2.24, 2.45) is 0 Å². The van der Waals surface area contributed by atoms with E-state index in [0.717, 1.165) is 5.69 Å². The van der Waals surface area contributed by atoms with Crippen LogP contribution in [0.4, 0.5) is 10.5 Å². The molecular weight excluding hydrogens is 202 g/mol. The highest BCUT2D eigenvalue weighted by Crippen LogP contribution is 2.25. The first kappa shape index (κ1) is 10.5. The minimum Gasteiger partial charge on any atom is -0.326 e. The zero-order valence-corrected chi connectivity index (χ0v) is 9.45. The Kier molecular flexibility index (Phi) is 2.34. The average Bonchev–Trinajstić information content (AvgIpc) is 2.42. The number of carbonyl (C=O) groups is 1. The number of benzene rings is 1. The van der Waals surface area contributed by atoms with Gasteiger partial charge < -0.3 is 5.32 Å². The SMILES string of the molecule is C=C1N(Nc2ccccc2)C(=O)NC1(C)C. The Balaban J connectivity index is 2.18. The van der Waals surface area contributed by atoms with Gasteiger partial charge in [0.1, 0.15) is 0 Å². The van der Waals surface area contributed by atoms with Crippen molar-refractivity contribution < 1.29 is 4.79 Å². The van der Waals surface area contributed by atoms with Gasteiger partial charge in [-0.2, -0.15) is 0 Å². The summed E-state index contributed by atoms with van der Waals surface area (Å²) in [5.41, 5.74) is 4.18. The topological polar surface area (TPSA) is 44.4 Å². The summed E-state index contributed by atoms with van der Waals surface area (Å²) in [7, 11) is 0.